The Labute approximate surface area is 84.2 Å². The minimum absolute atomic E-state index is 0.0434. The number of primary amides is 1. The van der Waals surface area contributed by atoms with E-state index in [9.17, 15) is 4.79 Å². The molecule has 1 amide bonds. The van der Waals surface area contributed by atoms with Gasteiger partial charge in [-0.15, -0.1) is 0 Å². The molecule has 4 heteroatoms. The molecule has 0 aliphatic carbocycles. The van der Waals surface area contributed by atoms with Gasteiger partial charge < -0.3 is 15.8 Å². The Morgan fingerprint density at radius 2 is 2.00 bits per heavy atom. The highest BCUT2D eigenvalue weighted by atomic mass is 16.5. The van der Waals surface area contributed by atoms with Crippen molar-refractivity contribution in [2.75, 3.05) is 19.7 Å². The third kappa shape index (κ3) is 1.91. The Morgan fingerprint density at radius 3 is 2.64 bits per heavy atom. The molecule has 0 radical (unpaired) electrons. The Balaban J connectivity index is 1.97. The van der Waals surface area contributed by atoms with Gasteiger partial charge in [0.05, 0.1) is 12.0 Å². The van der Waals surface area contributed by atoms with Crippen LogP contribution < -0.4 is 11.1 Å². The van der Waals surface area contributed by atoms with Gasteiger partial charge >= 0.3 is 0 Å². The van der Waals surface area contributed by atoms with E-state index in [0.717, 1.165) is 32.4 Å². The zero-order valence-electron chi connectivity index (χ0n) is 8.37. The fourth-order valence-electron chi connectivity index (χ4n) is 2.55. The summed E-state index contributed by atoms with van der Waals surface area (Å²) in [5.41, 5.74) is 5.36. The fourth-order valence-corrected chi connectivity index (χ4v) is 2.55. The second-order valence-corrected chi connectivity index (χ2v) is 4.22. The van der Waals surface area contributed by atoms with Gasteiger partial charge in [-0.25, -0.2) is 0 Å². The van der Waals surface area contributed by atoms with Gasteiger partial charge in [-0.1, -0.05) is 0 Å². The molecule has 2 aliphatic rings. The van der Waals surface area contributed by atoms with Crippen molar-refractivity contribution in [1.82, 2.24) is 5.32 Å². The number of hydrogen-bond donors (Lipinski definition) is 2. The van der Waals surface area contributed by atoms with Crippen LogP contribution in [0.15, 0.2) is 0 Å². The van der Waals surface area contributed by atoms with E-state index in [2.05, 4.69) is 5.32 Å². The maximum absolute atomic E-state index is 11.2. The van der Waals surface area contributed by atoms with Crippen molar-refractivity contribution in [2.45, 2.75) is 25.4 Å². The SMILES string of the molecule is NC(=O)C1CCOC1C1CCNCC1. The number of nitrogens with one attached hydrogen (secondary N) is 1. The summed E-state index contributed by atoms with van der Waals surface area (Å²) in [4.78, 5) is 11.2. The minimum Gasteiger partial charge on any atom is -0.377 e. The fraction of sp³-hybridized carbons (Fsp3) is 0.900. The summed E-state index contributed by atoms with van der Waals surface area (Å²) in [5.74, 6) is 0.292. The van der Waals surface area contributed by atoms with Crippen LogP contribution >= 0.6 is 0 Å². The average Bonchev–Trinajstić information content (AvgIpc) is 2.67. The van der Waals surface area contributed by atoms with Crippen LogP contribution in [0.3, 0.4) is 0 Å². The Kier molecular flexibility index (Phi) is 3.03. The van der Waals surface area contributed by atoms with Crippen LogP contribution in [0.5, 0.6) is 0 Å². The predicted octanol–water partition coefficient (Wildman–Crippen LogP) is -0.124. The van der Waals surface area contributed by atoms with Crippen LogP contribution in [0.25, 0.3) is 0 Å². The molecular formula is C10H18N2O2. The second kappa shape index (κ2) is 4.28. The second-order valence-electron chi connectivity index (χ2n) is 4.22. The van der Waals surface area contributed by atoms with Crippen molar-refractivity contribution >= 4 is 5.91 Å². The summed E-state index contributed by atoms with van der Waals surface area (Å²) in [6.07, 6.45) is 3.11. The molecule has 2 rings (SSSR count). The van der Waals surface area contributed by atoms with Crippen LogP contribution in [0.2, 0.25) is 0 Å². The molecule has 0 aromatic rings. The maximum Gasteiger partial charge on any atom is 0.223 e. The van der Waals surface area contributed by atoms with E-state index in [1.807, 2.05) is 0 Å². The smallest absolute Gasteiger partial charge is 0.223 e. The van der Waals surface area contributed by atoms with Gasteiger partial charge in [-0.05, 0) is 38.3 Å². The summed E-state index contributed by atoms with van der Waals surface area (Å²) in [6.45, 7) is 2.77. The molecule has 3 N–H and O–H groups in total. The first kappa shape index (κ1) is 9.93. The monoisotopic (exact) mass is 198 g/mol. The highest BCUT2D eigenvalue weighted by Crippen LogP contribution is 2.31. The number of ether oxygens (including phenoxy) is 1. The first-order valence-electron chi connectivity index (χ1n) is 5.40. The van der Waals surface area contributed by atoms with Crippen LogP contribution in [0.1, 0.15) is 19.3 Å². The zero-order valence-corrected chi connectivity index (χ0v) is 8.37. The summed E-state index contributed by atoms with van der Waals surface area (Å²) < 4.78 is 5.64. The van der Waals surface area contributed by atoms with Gasteiger partial charge in [0.2, 0.25) is 5.91 Å². The van der Waals surface area contributed by atoms with E-state index in [1.54, 1.807) is 0 Å². The summed E-state index contributed by atoms with van der Waals surface area (Å²) >= 11 is 0. The topological polar surface area (TPSA) is 64.4 Å². The van der Waals surface area contributed by atoms with E-state index in [0.29, 0.717) is 12.5 Å². The summed E-state index contributed by atoms with van der Waals surface area (Å²) in [5, 5.41) is 3.31. The lowest BCUT2D eigenvalue weighted by Crippen LogP contribution is -2.40. The molecule has 2 unspecified atom stereocenters. The normalized spacial score (nSPS) is 34.6. The Hall–Kier alpha value is -0.610. The zero-order chi connectivity index (χ0) is 9.97. The molecule has 2 atom stereocenters. The van der Waals surface area contributed by atoms with Crippen molar-refractivity contribution in [3.05, 3.63) is 0 Å². The number of rotatable bonds is 2. The van der Waals surface area contributed by atoms with Gasteiger partial charge in [0, 0.05) is 6.61 Å². The third-order valence-electron chi connectivity index (χ3n) is 3.35. The van der Waals surface area contributed by atoms with Crippen molar-refractivity contribution in [1.29, 1.82) is 0 Å². The first-order chi connectivity index (χ1) is 6.79. The molecule has 2 aliphatic heterocycles. The minimum atomic E-state index is -0.189. The van der Waals surface area contributed by atoms with Gasteiger partial charge in [-0.2, -0.15) is 0 Å². The van der Waals surface area contributed by atoms with E-state index in [-0.39, 0.29) is 17.9 Å². The Bertz CT molecular complexity index is 214. The van der Waals surface area contributed by atoms with Crippen LogP contribution in [0.4, 0.5) is 0 Å². The number of hydrogen-bond acceptors (Lipinski definition) is 3. The molecule has 0 aromatic heterocycles. The van der Waals surface area contributed by atoms with E-state index in [1.165, 1.54) is 0 Å². The van der Waals surface area contributed by atoms with Crippen LogP contribution in [0, 0.1) is 11.8 Å². The molecule has 0 saturated carbocycles. The third-order valence-corrected chi connectivity index (χ3v) is 3.35. The standard InChI is InChI=1S/C10H18N2O2/c11-10(13)8-3-6-14-9(8)7-1-4-12-5-2-7/h7-9,12H,1-6H2,(H2,11,13). The molecule has 80 valence electrons. The van der Waals surface area contributed by atoms with E-state index >= 15 is 0 Å². The molecule has 0 aromatic carbocycles. The molecule has 4 nitrogen and oxygen atoms in total. The number of amides is 1. The average molecular weight is 198 g/mol. The predicted molar refractivity (Wildman–Crippen MR) is 52.6 cm³/mol. The number of piperidine rings is 1. The highest BCUT2D eigenvalue weighted by Gasteiger charge is 2.38. The van der Waals surface area contributed by atoms with Crippen molar-refractivity contribution in [3.63, 3.8) is 0 Å². The summed E-state index contributed by atoms with van der Waals surface area (Å²) in [7, 11) is 0. The molecule has 0 spiro atoms. The molecular weight excluding hydrogens is 180 g/mol. The molecule has 2 fully saturated rings. The molecule has 2 saturated heterocycles. The largest absolute Gasteiger partial charge is 0.377 e. The van der Waals surface area contributed by atoms with Gasteiger partial charge in [0.25, 0.3) is 0 Å². The van der Waals surface area contributed by atoms with E-state index < -0.39 is 0 Å². The molecule has 2 heterocycles. The quantitative estimate of drug-likeness (QED) is 0.650. The maximum atomic E-state index is 11.2. The molecule has 14 heavy (non-hydrogen) atoms. The Morgan fingerprint density at radius 1 is 1.29 bits per heavy atom. The van der Waals surface area contributed by atoms with Crippen molar-refractivity contribution in [3.8, 4) is 0 Å². The highest BCUT2D eigenvalue weighted by molar-refractivity contribution is 5.77. The number of carbonyl (C=O) groups excluding carboxylic acids is 1. The number of carbonyl (C=O) groups is 1. The van der Waals surface area contributed by atoms with Crippen LogP contribution in [-0.2, 0) is 9.53 Å². The lowest BCUT2D eigenvalue weighted by molar-refractivity contribution is -0.124. The van der Waals surface area contributed by atoms with Crippen molar-refractivity contribution in [2.24, 2.45) is 17.6 Å². The van der Waals surface area contributed by atoms with Gasteiger partial charge in [-0.3, -0.25) is 4.79 Å². The molecule has 0 bridgehead atoms. The van der Waals surface area contributed by atoms with Gasteiger partial charge in [0.1, 0.15) is 0 Å². The summed E-state index contributed by atoms with van der Waals surface area (Å²) in [6, 6.07) is 0. The first-order valence-corrected chi connectivity index (χ1v) is 5.40. The van der Waals surface area contributed by atoms with Crippen molar-refractivity contribution < 1.29 is 9.53 Å². The van der Waals surface area contributed by atoms with Crippen LogP contribution in [-0.4, -0.2) is 31.7 Å². The lowest BCUT2D eigenvalue weighted by Gasteiger charge is -2.29. The lowest BCUT2D eigenvalue weighted by atomic mass is 9.84. The van der Waals surface area contributed by atoms with E-state index in [4.69, 9.17) is 10.5 Å². The van der Waals surface area contributed by atoms with Gasteiger partial charge in [0.15, 0.2) is 0 Å². The number of nitrogens with two attached hydrogens (primary N) is 1.